The van der Waals surface area contributed by atoms with E-state index in [0.29, 0.717) is 28.0 Å². The van der Waals surface area contributed by atoms with Gasteiger partial charge in [-0.1, -0.05) is 36.0 Å². The minimum absolute atomic E-state index is 0.0698. The van der Waals surface area contributed by atoms with Crippen LogP contribution >= 0.6 is 11.8 Å². The van der Waals surface area contributed by atoms with Gasteiger partial charge in [-0.3, -0.25) is 14.5 Å². The molecule has 7 nitrogen and oxygen atoms in total. The molecule has 0 spiro atoms. The molecule has 0 aliphatic carbocycles. The third-order valence-corrected chi connectivity index (χ3v) is 6.61. The largest absolute Gasteiger partial charge is 0.497 e. The van der Waals surface area contributed by atoms with Crippen molar-refractivity contribution in [1.29, 1.82) is 0 Å². The highest BCUT2D eigenvalue weighted by Crippen LogP contribution is 2.31. The topological polar surface area (TPSA) is 80.2 Å². The lowest BCUT2D eigenvalue weighted by molar-refractivity contribution is -0.114. The van der Waals surface area contributed by atoms with E-state index in [1.54, 1.807) is 25.2 Å². The standard InChI is InChI=1S/C29H29N3O4S/c1-18-6-11-26(36-5)24(15-18)30-27(33)17-37-29-31-25(16-21-7-9-23(35-4)10-8-21)28(34)32(29)22-13-19(2)12-20(3)14-22/h6-16H,17H2,1-5H3,(H,30,33)/b25-16+. The van der Waals surface area contributed by atoms with Crippen molar-refractivity contribution in [1.82, 2.24) is 0 Å². The summed E-state index contributed by atoms with van der Waals surface area (Å²) < 4.78 is 10.6. The molecular weight excluding hydrogens is 486 g/mol. The van der Waals surface area contributed by atoms with Crippen molar-refractivity contribution in [3.05, 3.63) is 88.6 Å². The number of benzene rings is 3. The Morgan fingerprint density at radius 2 is 1.65 bits per heavy atom. The number of amides is 2. The van der Waals surface area contributed by atoms with Crippen molar-refractivity contribution in [3.63, 3.8) is 0 Å². The number of carbonyl (C=O) groups is 2. The number of anilines is 2. The molecule has 1 aliphatic heterocycles. The van der Waals surface area contributed by atoms with Crippen molar-refractivity contribution in [2.75, 3.05) is 30.2 Å². The number of nitrogens with zero attached hydrogens (tertiary/aromatic N) is 2. The molecule has 0 saturated heterocycles. The summed E-state index contributed by atoms with van der Waals surface area (Å²) in [6, 6.07) is 18.9. The molecule has 1 aliphatic rings. The van der Waals surface area contributed by atoms with Crippen molar-refractivity contribution in [2.24, 2.45) is 4.99 Å². The van der Waals surface area contributed by atoms with Gasteiger partial charge in [0, 0.05) is 0 Å². The van der Waals surface area contributed by atoms with Crippen molar-refractivity contribution >= 4 is 46.2 Å². The van der Waals surface area contributed by atoms with Crippen LogP contribution in [0.4, 0.5) is 11.4 Å². The normalized spacial score (nSPS) is 14.1. The molecule has 3 aromatic rings. The third kappa shape index (κ3) is 6.21. The Bertz CT molecular complexity index is 1380. The molecule has 8 heteroatoms. The highest BCUT2D eigenvalue weighted by Gasteiger charge is 2.32. The van der Waals surface area contributed by atoms with Gasteiger partial charge in [-0.2, -0.15) is 0 Å². The van der Waals surface area contributed by atoms with Crippen LogP contribution in [0.1, 0.15) is 22.3 Å². The molecule has 2 amide bonds. The maximum atomic E-state index is 13.5. The molecule has 0 bridgehead atoms. The van der Waals surface area contributed by atoms with Crippen LogP contribution in [0, 0.1) is 20.8 Å². The molecule has 4 rings (SSSR count). The third-order valence-electron chi connectivity index (χ3n) is 5.67. The molecule has 0 unspecified atom stereocenters. The van der Waals surface area contributed by atoms with Crippen LogP contribution in [0.25, 0.3) is 6.08 Å². The summed E-state index contributed by atoms with van der Waals surface area (Å²) >= 11 is 1.21. The van der Waals surface area contributed by atoms with Crippen LogP contribution in [0.15, 0.2) is 71.4 Å². The molecule has 37 heavy (non-hydrogen) atoms. The number of hydrogen-bond acceptors (Lipinski definition) is 6. The molecule has 3 aromatic carbocycles. The van der Waals surface area contributed by atoms with Gasteiger partial charge >= 0.3 is 0 Å². The van der Waals surface area contributed by atoms with Crippen LogP contribution in [0.3, 0.4) is 0 Å². The average molecular weight is 516 g/mol. The maximum Gasteiger partial charge on any atom is 0.283 e. The molecule has 0 radical (unpaired) electrons. The molecule has 0 fully saturated rings. The molecular formula is C29H29N3O4S. The Morgan fingerprint density at radius 3 is 2.30 bits per heavy atom. The Balaban J connectivity index is 1.60. The highest BCUT2D eigenvalue weighted by atomic mass is 32.2. The Hall–Kier alpha value is -4.04. The van der Waals surface area contributed by atoms with Gasteiger partial charge in [-0.25, -0.2) is 4.99 Å². The number of aryl methyl sites for hydroxylation is 3. The summed E-state index contributed by atoms with van der Waals surface area (Å²) in [5, 5.41) is 3.35. The highest BCUT2D eigenvalue weighted by molar-refractivity contribution is 8.14. The second-order valence-electron chi connectivity index (χ2n) is 8.72. The first kappa shape index (κ1) is 26.0. The summed E-state index contributed by atoms with van der Waals surface area (Å²) in [7, 11) is 3.17. The number of thioether (sulfide) groups is 1. The lowest BCUT2D eigenvalue weighted by Crippen LogP contribution is -2.31. The van der Waals surface area contributed by atoms with E-state index in [1.807, 2.05) is 81.4 Å². The van der Waals surface area contributed by atoms with Crippen LogP contribution in [0.5, 0.6) is 11.5 Å². The second kappa shape index (κ2) is 11.3. The van der Waals surface area contributed by atoms with E-state index in [2.05, 4.69) is 10.3 Å². The summed E-state index contributed by atoms with van der Waals surface area (Å²) in [5.74, 6) is 0.910. The molecule has 0 aromatic heterocycles. The Labute approximate surface area is 221 Å². The van der Waals surface area contributed by atoms with E-state index in [1.165, 1.54) is 11.8 Å². The fourth-order valence-electron chi connectivity index (χ4n) is 3.99. The zero-order chi connectivity index (χ0) is 26.5. The van der Waals surface area contributed by atoms with Crippen LogP contribution in [0.2, 0.25) is 0 Å². The number of nitrogens with one attached hydrogen (secondary N) is 1. The van der Waals surface area contributed by atoms with Crippen molar-refractivity contribution in [2.45, 2.75) is 20.8 Å². The van der Waals surface area contributed by atoms with E-state index in [-0.39, 0.29) is 17.6 Å². The molecule has 1 heterocycles. The first-order valence-electron chi connectivity index (χ1n) is 11.7. The summed E-state index contributed by atoms with van der Waals surface area (Å²) in [4.78, 5) is 32.6. The number of hydrogen-bond donors (Lipinski definition) is 1. The average Bonchev–Trinajstić information content (AvgIpc) is 3.17. The van der Waals surface area contributed by atoms with Gasteiger partial charge in [0.1, 0.15) is 17.2 Å². The van der Waals surface area contributed by atoms with Gasteiger partial charge in [-0.05, 0) is 85.5 Å². The predicted octanol–water partition coefficient (Wildman–Crippen LogP) is 5.74. The number of carbonyl (C=O) groups excluding carboxylic acids is 2. The van der Waals surface area contributed by atoms with E-state index in [4.69, 9.17) is 9.47 Å². The molecule has 0 atom stereocenters. The minimum Gasteiger partial charge on any atom is -0.497 e. The van der Waals surface area contributed by atoms with E-state index in [9.17, 15) is 9.59 Å². The Morgan fingerprint density at radius 1 is 0.946 bits per heavy atom. The fourth-order valence-corrected chi connectivity index (χ4v) is 4.81. The Kier molecular flexibility index (Phi) is 7.98. The van der Waals surface area contributed by atoms with Crippen molar-refractivity contribution < 1.29 is 19.1 Å². The van der Waals surface area contributed by atoms with Gasteiger partial charge in [0.05, 0.1) is 31.3 Å². The van der Waals surface area contributed by atoms with E-state index < -0.39 is 0 Å². The summed E-state index contributed by atoms with van der Waals surface area (Å²) in [5.41, 5.74) is 5.50. The number of amidine groups is 1. The van der Waals surface area contributed by atoms with Crippen LogP contribution in [-0.4, -0.2) is 37.0 Å². The monoisotopic (exact) mass is 515 g/mol. The smallest absolute Gasteiger partial charge is 0.283 e. The second-order valence-corrected chi connectivity index (χ2v) is 9.67. The molecule has 190 valence electrons. The van der Waals surface area contributed by atoms with E-state index >= 15 is 0 Å². The molecule has 0 saturated carbocycles. The van der Waals surface area contributed by atoms with Gasteiger partial charge in [-0.15, -0.1) is 0 Å². The summed E-state index contributed by atoms with van der Waals surface area (Å²) in [6.07, 6.45) is 1.74. The number of ether oxygens (including phenoxy) is 2. The van der Waals surface area contributed by atoms with Gasteiger partial charge in [0.15, 0.2) is 5.17 Å². The minimum atomic E-state index is -0.246. The van der Waals surface area contributed by atoms with Crippen molar-refractivity contribution in [3.8, 4) is 11.5 Å². The predicted molar refractivity (Wildman–Crippen MR) is 151 cm³/mol. The zero-order valence-corrected chi connectivity index (χ0v) is 22.3. The maximum absolute atomic E-state index is 13.5. The lowest BCUT2D eigenvalue weighted by Gasteiger charge is -2.19. The SMILES string of the molecule is COc1ccc(/C=C2/N=C(SCC(=O)Nc3cc(C)ccc3OC)N(c3cc(C)cc(C)c3)C2=O)cc1. The quantitative estimate of drug-likeness (QED) is 0.406. The van der Waals surface area contributed by atoms with Gasteiger partial charge in [0.25, 0.3) is 5.91 Å². The van der Waals surface area contributed by atoms with Gasteiger partial charge < -0.3 is 14.8 Å². The summed E-state index contributed by atoms with van der Waals surface area (Å²) in [6.45, 7) is 5.91. The molecule has 1 N–H and O–H groups in total. The first-order valence-corrected chi connectivity index (χ1v) is 12.7. The fraction of sp³-hybridized carbons (Fsp3) is 0.207. The number of rotatable bonds is 7. The lowest BCUT2D eigenvalue weighted by atomic mass is 10.1. The number of methoxy groups -OCH3 is 2. The van der Waals surface area contributed by atoms with E-state index in [0.717, 1.165) is 28.0 Å². The van der Waals surface area contributed by atoms with Gasteiger partial charge in [0.2, 0.25) is 5.91 Å². The van der Waals surface area contributed by atoms with Crippen LogP contribution < -0.4 is 19.7 Å². The first-order chi connectivity index (χ1) is 17.8. The zero-order valence-electron chi connectivity index (χ0n) is 21.5. The number of aliphatic imine (C=N–C) groups is 1. The van der Waals surface area contributed by atoms with Crippen LogP contribution in [-0.2, 0) is 9.59 Å².